The molecule has 1 atom stereocenters. The van der Waals surface area contributed by atoms with E-state index >= 15 is 0 Å². The molecule has 1 amide bonds. The fourth-order valence-electron chi connectivity index (χ4n) is 6.81. The van der Waals surface area contributed by atoms with Crippen molar-refractivity contribution in [3.63, 3.8) is 0 Å². The third kappa shape index (κ3) is 3.74. The molecule has 0 aromatic heterocycles. The van der Waals surface area contributed by atoms with Crippen molar-refractivity contribution in [3.8, 4) is 0 Å². The fourth-order valence-corrected chi connectivity index (χ4v) is 8.11. The summed E-state index contributed by atoms with van der Waals surface area (Å²) in [7, 11) is -3.48. The molecule has 29 heavy (non-hydrogen) atoms. The van der Waals surface area contributed by atoms with E-state index in [4.69, 9.17) is 0 Å². The number of sulfonamides is 1. The van der Waals surface area contributed by atoms with Crippen molar-refractivity contribution in [1.82, 2.24) is 10.0 Å². The highest BCUT2D eigenvalue weighted by Gasteiger charge is 2.54. The predicted octanol–water partition coefficient (Wildman–Crippen LogP) is 3.85. The quantitative estimate of drug-likeness (QED) is 0.709. The maximum atomic E-state index is 13.0. The zero-order valence-corrected chi connectivity index (χ0v) is 18.0. The zero-order chi connectivity index (χ0) is 20.2. The Bertz CT molecular complexity index is 854. The summed E-state index contributed by atoms with van der Waals surface area (Å²) in [5, 5.41) is 3.34. The second-order valence-electron chi connectivity index (χ2n) is 10.1. The van der Waals surface area contributed by atoms with Crippen LogP contribution in [-0.2, 0) is 10.0 Å². The van der Waals surface area contributed by atoms with Gasteiger partial charge in [-0.25, -0.2) is 13.1 Å². The molecule has 5 aliphatic carbocycles. The van der Waals surface area contributed by atoms with E-state index in [9.17, 15) is 13.2 Å². The molecule has 4 bridgehead atoms. The SMILES string of the molecule is CC[C@H](NC(=O)c1ccc(S(=O)(=O)NC2CC2)cc1)C12CC3CC(CC(C3)C1)C2. The Morgan fingerprint density at radius 1 is 1.03 bits per heavy atom. The van der Waals surface area contributed by atoms with Gasteiger partial charge in [0.05, 0.1) is 4.90 Å². The van der Waals surface area contributed by atoms with Crippen molar-refractivity contribution in [2.24, 2.45) is 23.2 Å². The Balaban J connectivity index is 1.29. The monoisotopic (exact) mass is 416 g/mol. The normalized spacial score (nSPS) is 34.2. The summed E-state index contributed by atoms with van der Waals surface area (Å²) in [6.07, 6.45) is 10.8. The Morgan fingerprint density at radius 2 is 1.59 bits per heavy atom. The van der Waals surface area contributed by atoms with E-state index in [0.717, 1.165) is 37.0 Å². The van der Waals surface area contributed by atoms with Gasteiger partial charge < -0.3 is 5.32 Å². The van der Waals surface area contributed by atoms with Gasteiger partial charge in [0, 0.05) is 17.6 Å². The van der Waals surface area contributed by atoms with Crippen molar-refractivity contribution in [1.29, 1.82) is 0 Å². The third-order valence-electron chi connectivity index (χ3n) is 7.86. The molecule has 6 heteroatoms. The van der Waals surface area contributed by atoms with E-state index in [1.165, 1.54) is 38.5 Å². The van der Waals surface area contributed by atoms with Crippen LogP contribution in [0.25, 0.3) is 0 Å². The Morgan fingerprint density at radius 3 is 2.07 bits per heavy atom. The van der Waals surface area contributed by atoms with Gasteiger partial charge in [-0.05, 0) is 105 Å². The maximum Gasteiger partial charge on any atom is 0.251 e. The number of hydrogen-bond acceptors (Lipinski definition) is 3. The van der Waals surface area contributed by atoms with E-state index in [0.29, 0.717) is 5.56 Å². The van der Waals surface area contributed by atoms with Crippen LogP contribution >= 0.6 is 0 Å². The number of benzene rings is 1. The topological polar surface area (TPSA) is 75.3 Å². The number of hydrogen-bond donors (Lipinski definition) is 2. The van der Waals surface area contributed by atoms with Gasteiger partial charge in [0.25, 0.3) is 5.91 Å². The molecule has 6 rings (SSSR count). The first-order valence-corrected chi connectivity index (χ1v) is 12.8. The second kappa shape index (κ2) is 7.09. The summed E-state index contributed by atoms with van der Waals surface area (Å²) < 4.78 is 27.4. The van der Waals surface area contributed by atoms with Crippen molar-refractivity contribution in [2.45, 2.75) is 81.7 Å². The summed E-state index contributed by atoms with van der Waals surface area (Å²) in [6, 6.07) is 6.67. The predicted molar refractivity (Wildman–Crippen MR) is 112 cm³/mol. The molecule has 0 saturated heterocycles. The third-order valence-corrected chi connectivity index (χ3v) is 9.40. The lowest BCUT2D eigenvalue weighted by Gasteiger charge is -2.59. The van der Waals surface area contributed by atoms with Gasteiger partial charge in [0.2, 0.25) is 10.0 Å². The summed E-state index contributed by atoms with van der Waals surface area (Å²) in [5.41, 5.74) is 0.815. The summed E-state index contributed by atoms with van der Waals surface area (Å²) in [6.45, 7) is 2.18. The van der Waals surface area contributed by atoms with Gasteiger partial charge in [0.15, 0.2) is 0 Å². The number of rotatable bonds is 7. The summed E-state index contributed by atoms with van der Waals surface area (Å²) in [5.74, 6) is 2.49. The fraction of sp³-hybridized carbons (Fsp3) is 0.696. The Hall–Kier alpha value is -1.40. The highest BCUT2D eigenvalue weighted by molar-refractivity contribution is 7.89. The lowest BCUT2D eigenvalue weighted by Crippen LogP contribution is -2.56. The standard InChI is InChI=1S/C23H32N2O3S/c1-2-21(23-12-15-9-16(13-23)11-17(10-15)14-23)24-22(26)18-3-7-20(8-4-18)29(27,28)25-19-5-6-19/h3-4,7-8,15-17,19,21,25H,2,5-6,9-14H2,1H3,(H,24,26)/t15?,16?,17?,21-,23?/m0/s1. The van der Waals surface area contributed by atoms with Crippen molar-refractivity contribution >= 4 is 15.9 Å². The van der Waals surface area contributed by atoms with E-state index in [1.54, 1.807) is 24.3 Å². The van der Waals surface area contributed by atoms with Crippen LogP contribution < -0.4 is 10.0 Å². The molecule has 0 spiro atoms. The van der Waals surface area contributed by atoms with Crippen LogP contribution in [0.5, 0.6) is 0 Å². The molecule has 2 N–H and O–H groups in total. The molecule has 0 unspecified atom stereocenters. The average molecular weight is 417 g/mol. The van der Waals surface area contributed by atoms with Crippen molar-refractivity contribution in [3.05, 3.63) is 29.8 Å². The molecule has 5 saturated carbocycles. The minimum Gasteiger partial charge on any atom is -0.349 e. The lowest BCUT2D eigenvalue weighted by molar-refractivity contribution is -0.0727. The van der Waals surface area contributed by atoms with Crippen LogP contribution in [0.2, 0.25) is 0 Å². The zero-order valence-electron chi connectivity index (χ0n) is 17.2. The number of nitrogens with one attached hydrogen (secondary N) is 2. The van der Waals surface area contributed by atoms with E-state index in [2.05, 4.69) is 17.0 Å². The van der Waals surface area contributed by atoms with Gasteiger partial charge in [0.1, 0.15) is 0 Å². The van der Waals surface area contributed by atoms with Gasteiger partial charge >= 0.3 is 0 Å². The molecule has 158 valence electrons. The minimum atomic E-state index is -3.48. The molecule has 1 aromatic rings. The van der Waals surface area contributed by atoms with Gasteiger partial charge in [-0.2, -0.15) is 0 Å². The number of carbonyl (C=O) groups excluding carboxylic acids is 1. The number of amides is 1. The van der Waals surface area contributed by atoms with Crippen molar-refractivity contribution < 1.29 is 13.2 Å². The summed E-state index contributed by atoms with van der Waals surface area (Å²) in [4.78, 5) is 13.2. The maximum absolute atomic E-state index is 13.0. The second-order valence-corrected chi connectivity index (χ2v) is 11.8. The smallest absolute Gasteiger partial charge is 0.251 e. The molecule has 0 radical (unpaired) electrons. The van der Waals surface area contributed by atoms with Gasteiger partial charge in [-0.1, -0.05) is 6.92 Å². The van der Waals surface area contributed by atoms with E-state index in [1.807, 2.05) is 0 Å². The molecule has 5 nitrogen and oxygen atoms in total. The van der Waals surface area contributed by atoms with E-state index in [-0.39, 0.29) is 28.3 Å². The molecule has 1 aromatic carbocycles. The Labute approximate surface area is 174 Å². The first-order chi connectivity index (χ1) is 13.9. The van der Waals surface area contributed by atoms with Crippen molar-refractivity contribution in [2.75, 3.05) is 0 Å². The molecular weight excluding hydrogens is 384 g/mol. The average Bonchev–Trinajstić information content (AvgIpc) is 3.48. The minimum absolute atomic E-state index is 0.0771. The Kier molecular flexibility index (Phi) is 4.78. The number of carbonyl (C=O) groups is 1. The summed E-state index contributed by atoms with van der Waals surface area (Å²) >= 11 is 0. The molecule has 0 aliphatic heterocycles. The van der Waals surface area contributed by atoms with Crippen LogP contribution in [0.15, 0.2) is 29.2 Å². The van der Waals surface area contributed by atoms with Gasteiger partial charge in [-0.3, -0.25) is 4.79 Å². The first-order valence-electron chi connectivity index (χ1n) is 11.3. The molecule has 0 heterocycles. The molecule has 5 fully saturated rings. The van der Waals surface area contributed by atoms with Crippen LogP contribution in [0, 0.1) is 23.2 Å². The lowest BCUT2D eigenvalue weighted by atomic mass is 9.47. The highest BCUT2D eigenvalue weighted by atomic mass is 32.2. The highest BCUT2D eigenvalue weighted by Crippen LogP contribution is 2.61. The first kappa shape index (κ1) is 19.6. The van der Waals surface area contributed by atoms with Crippen LogP contribution in [-0.4, -0.2) is 26.4 Å². The molecular formula is C23H32N2O3S. The van der Waals surface area contributed by atoms with E-state index < -0.39 is 10.0 Å². The van der Waals surface area contributed by atoms with Crippen LogP contribution in [0.3, 0.4) is 0 Å². The van der Waals surface area contributed by atoms with Crippen LogP contribution in [0.4, 0.5) is 0 Å². The molecule has 5 aliphatic rings. The van der Waals surface area contributed by atoms with Crippen LogP contribution in [0.1, 0.15) is 75.1 Å². The largest absolute Gasteiger partial charge is 0.349 e. The van der Waals surface area contributed by atoms with Gasteiger partial charge in [-0.15, -0.1) is 0 Å².